The van der Waals surface area contributed by atoms with E-state index in [9.17, 15) is 9.59 Å². The molecule has 0 unspecified atom stereocenters. The van der Waals surface area contributed by atoms with Crippen molar-refractivity contribution >= 4 is 39.5 Å². The average Bonchev–Trinajstić information content (AvgIpc) is 2.79. The maximum absolute atomic E-state index is 13.2. The van der Waals surface area contributed by atoms with E-state index in [0.29, 0.717) is 12.3 Å². The summed E-state index contributed by atoms with van der Waals surface area (Å²) in [6.45, 7) is 4.33. The Balaban J connectivity index is 1.64. The molecule has 2 amide bonds. The number of benzene rings is 2. The Bertz CT molecular complexity index is 897. The van der Waals surface area contributed by atoms with E-state index in [1.54, 1.807) is 16.7 Å². The highest BCUT2D eigenvalue weighted by atomic mass is 79.9. The minimum absolute atomic E-state index is 0.00613. The lowest BCUT2D eigenvalue weighted by atomic mass is 9.95. The zero-order valence-electron chi connectivity index (χ0n) is 19.0. The van der Waals surface area contributed by atoms with Gasteiger partial charge in [0.15, 0.2) is 0 Å². The summed E-state index contributed by atoms with van der Waals surface area (Å²) < 4.78 is 0.968. The third kappa shape index (κ3) is 7.66. The second-order valence-electron chi connectivity index (χ2n) is 8.65. The fourth-order valence-corrected chi connectivity index (χ4v) is 5.32. The van der Waals surface area contributed by atoms with E-state index in [-0.39, 0.29) is 17.9 Å². The zero-order chi connectivity index (χ0) is 22.9. The number of nitrogens with zero attached hydrogens (tertiary/aromatic N) is 1. The number of carbonyl (C=O) groups excluding carboxylic acids is 2. The second kappa shape index (κ2) is 12.4. The largest absolute Gasteiger partial charge is 0.352 e. The van der Waals surface area contributed by atoms with Gasteiger partial charge in [-0.2, -0.15) is 0 Å². The molecule has 2 aromatic rings. The molecule has 0 heterocycles. The minimum atomic E-state index is -0.511. The molecule has 0 aliphatic heterocycles. The summed E-state index contributed by atoms with van der Waals surface area (Å²) >= 11 is 5.10. The summed E-state index contributed by atoms with van der Waals surface area (Å²) in [6.07, 6.45) is 5.63. The maximum Gasteiger partial charge on any atom is 0.242 e. The summed E-state index contributed by atoms with van der Waals surface area (Å²) in [4.78, 5) is 28.0. The van der Waals surface area contributed by atoms with Gasteiger partial charge in [-0.15, -0.1) is 11.8 Å². The summed E-state index contributed by atoms with van der Waals surface area (Å²) in [5.41, 5.74) is 3.44. The molecule has 2 aromatic carbocycles. The topological polar surface area (TPSA) is 49.4 Å². The molecule has 4 nitrogen and oxygen atoms in total. The molecule has 172 valence electrons. The molecule has 1 saturated carbocycles. The van der Waals surface area contributed by atoms with Crippen LogP contribution in [0.4, 0.5) is 0 Å². The molecule has 0 radical (unpaired) electrons. The number of hydrogen-bond acceptors (Lipinski definition) is 3. The van der Waals surface area contributed by atoms with Crippen molar-refractivity contribution < 1.29 is 9.59 Å². The quantitative estimate of drug-likeness (QED) is 0.454. The van der Waals surface area contributed by atoms with Crippen LogP contribution in [0.15, 0.2) is 53.0 Å². The van der Waals surface area contributed by atoms with Crippen LogP contribution in [0.3, 0.4) is 0 Å². The highest BCUT2D eigenvalue weighted by molar-refractivity contribution is 9.10. The van der Waals surface area contributed by atoms with E-state index in [1.807, 2.05) is 31.2 Å². The molecule has 0 saturated heterocycles. The Kier molecular flexibility index (Phi) is 9.67. The third-order valence-electron chi connectivity index (χ3n) is 5.98. The molecule has 0 aromatic heterocycles. The number of carbonyl (C=O) groups is 2. The summed E-state index contributed by atoms with van der Waals surface area (Å²) in [5.74, 6) is 1.07. The molecule has 6 heteroatoms. The van der Waals surface area contributed by atoms with Crippen LogP contribution in [0.1, 0.15) is 55.7 Å². The summed E-state index contributed by atoms with van der Waals surface area (Å²) in [5, 5.41) is 3.19. The van der Waals surface area contributed by atoms with Crippen molar-refractivity contribution in [3.63, 3.8) is 0 Å². The normalized spacial score (nSPS) is 15.2. The average molecular weight is 518 g/mol. The van der Waals surface area contributed by atoms with Gasteiger partial charge in [-0.05, 0) is 49.9 Å². The van der Waals surface area contributed by atoms with Crippen molar-refractivity contribution in [2.75, 3.05) is 5.75 Å². The Labute approximate surface area is 204 Å². The zero-order valence-corrected chi connectivity index (χ0v) is 21.4. The van der Waals surface area contributed by atoms with Gasteiger partial charge in [0.2, 0.25) is 11.8 Å². The molecule has 1 fully saturated rings. The van der Waals surface area contributed by atoms with Gasteiger partial charge in [-0.3, -0.25) is 9.59 Å². The van der Waals surface area contributed by atoms with E-state index < -0.39 is 6.04 Å². The Morgan fingerprint density at radius 2 is 1.81 bits per heavy atom. The minimum Gasteiger partial charge on any atom is -0.352 e. The fraction of sp³-hybridized carbons (Fsp3) is 0.462. The molecule has 3 rings (SSSR count). The lowest BCUT2D eigenvalue weighted by Crippen LogP contribution is -2.50. The Morgan fingerprint density at radius 1 is 1.09 bits per heavy atom. The van der Waals surface area contributed by atoms with Crippen LogP contribution >= 0.6 is 27.7 Å². The lowest BCUT2D eigenvalue weighted by Gasteiger charge is -2.31. The lowest BCUT2D eigenvalue weighted by molar-refractivity contribution is -0.139. The molecule has 32 heavy (non-hydrogen) atoms. The highest BCUT2D eigenvalue weighted by Crippen LogP contribution is 2.20. The standard InChI is InChI=1S/C26H33BrN2O2S/c1-19-11-13-21(14-12-19)17-32-18-25(30)29(16-22-7-6-8-23(27)15-22)20(2)26(31)28-24-9-4-3-5-10-24/h6-8,11-15,20,24H,3-5,9-10,16-18H2,1-2H3,(H,28,31)/t20-/m0/s1. The SMILES string of the molecule is Cc1ccc(CSCC(=O)N(Cc2cccc(Br)c2)[C@@H](C)C(=O)NC2CCCCC2)cc1. The van der Waals surface area contributed by atoms with E-state index in [0.717, 1.165) is 41.5 Å². The molecular formula is C26H33BrN2O2S. The number of aryl methyl sites for hydroxylation is 1. The molecular weight excluding hydrogens is 484 g/mol. The first-order valence-electron chi connectivity index (χ1n) is 11.4. The van der Waals surface area contributed by atoms with Gasteiger partial charge in [0.05, 0.1) is 5.75 Å². The van der Waals surface area contributed by atoms with Crippen molar-refractivity contribution in [1.82, 2.24) is 10.2 Å². The van der Waals surface area contributed by atoms with Gasteiger partial charge < -0.3 is 10.2 Å². The predicted molar refractivity (Wildman–Crippen MR) is 137 cm³/mol. The number of hydrogen-bond donors (Lipinski definition) is 1. The summed E-state index contributed by atoms with van der Waals surface area (Å²) in [6, 6.07) is 16.0. The van der Waals surface area contributed by atoms with Crippen LogP contribution in [0, 0.1) is 6.92 Å². The molecule has 0 bridgehead atoms. The van der Waals surface area contributed by atoms with Gasteiger partial charge >= 0.3 is 0 Å². The van der Waals surface area contributed by atoms with E-state index in [2.05, 4.69) is 52.4 Å². The second-order valence-corrected chi connectivity index (χ2v) is 10.6. The van der Waals surface area contributed by atoms with Crippen molar-refractivity contribution in [2.24, 2.45) is 0 Å². The van der Waals surface area contributed by atoms with Crippen LogP contribution in [0.2, 0.25) is 0 Å². The van der Waals surface area contributed by atoms with Crippen molar-refractivity contribution in [3.05, 3.63) is 69.7 Å². The monoisotopic (exact) mass is 516 g/mol. The fourth-order valence-electron chi connectivity index (χ4n) is 4.01. The first kappa shape index (κ1) is 24.8. The van der Waals surface area contributed by atoms with Gasteiger partial charge in [0, 0.05) is 22.8 Å². The van der Waals surface area contributed by atoms with Crippen molar-refractivity contribution in [3.8, 4) is 0 Å². The Hall–Kier alpha value is -1.79. The predicted octanol–water partition coefficient (Wildman–Crippen LogP) is 5.86. The van der Waals surface area contributed by atoms with E-state index in [1.165, 1.54) is 17.5 Å². The maximum atomic E-state index is 13.2. The van der Waals surface area contributed by atoms with E-state index in [4.69, 9.17) is 0 Å². The summed E-state index contributed by atoms with van der Waals surface area (Å²) in [7, 11) is 0. The number of nitrogens with one attached hydrogen (secondary N) is 1. The van der Waals surface area contributed by atoms with Gasteiger partial charge in [-0.1, -0.05) is 77.2 Å². The van der Waals surface area contributed by atoms with Gasteiger partial charge in [-0.25, -0.2) is 0 Å². The molecule has 1 N–H and O–H groups in total. The Morgan fingerprint density at radius 3 is 2.50 bits per heavy atom. The third-order valence-corrected chi connectivity index (χ3v) is 7.46. The van der Waals surface area contributed by atoms with Crippen LogP contribution < -0.4 is 5.32 Å². The smallest absolute Gasteiger partial charge is 0.242 e. The number of halogens is 1. The number of thioether (sulfide) groups is 1. The highest BCUT2D eigenvalue weighted by Gasteiger charge is 2.28. The first-order chi connectivity index (χ1) is 15.4. The van der Waals surface area contributed by atoms with Crippen LogP contribution in [0.25, 0.3) is 0 Å². The molecule has 1 aliphatic carbocycles. The molecule has 0 spiro atoms. The number of amides is 2. The van der Waals surface area contributed by atoms with Gasteiger partial charge in [0.1, 0.15) is 6.04 Å². The number of rotatable bonds is 9. The molecule has 1 aliphatic rings. The first-order valence-corrected chi connectivity index (χ1v) is 13.3. The van der Waals surface area contributed by atoms with Crippen molar-refractivity contribution in [1.29, 1.82) is 0 Å². The van der Waals surface area contributed by atoms with Crippen molar-refractivity contribution in [2.45, 2.75) is 70.3 Å². The van der Waals surface area contributed by atoms with Crippen LogP contribution in [0.5, 0.6) is 0 Å². The van der Waals surface area contributed by atoms with E-state index >= 15 is 0 Å². The van der Waals surface area contributed by atoms with Crippen LogP contribution in [-0.2, 0) is 21.9 Å². The van der Waals surface area contributed by atoms with Crippen LogP contribution in [-0.4, -0.2) is 34.6 Å². The molecule has 1 atom stereocenters. The van der Waals surface area contributed by atoms with Gasteiger partial charge in [0.25, 0.3) is 0 Å².